The summed E-state index contributed by atoms with van der Waals surface area (Å²) in [7, 11) is 0. The molecule has 5 heteroatoms. The molecule has 1 aliphatic rings. The van der Waals surface area contributed by atoms with Gasteiger partial charge in [-0.15, -0.1) is 0 Å². The standard InChI is InChI=1S/C15H25N3O2/c1-12-2-4-15(5-3-12)20-10-14(19)9-17-8-13-6-7-16-11-18-13/h6-7,11-12,14-15,17,19H,2-5,8-10H2,1H3. The molecule has 0 radical (unpaired) electrons. The second-order valence-electron chi connectivity index (χ2n) is 5.70. The zero-order valence-electron chi connectivity index (χ0n) is 12.2. The van der Waals surface area contributed by atoms with Gasteiger partial charge in [-0.2, -0.15) is 0 Å². The number of nitrogens with zero attached hydrogens (tertiary/aromatic N) is 2. The van der Waals surface area contributed by atoms with Crippen molar-refractivity contribution in [2.24, 2.45) is 5.92 Å². The predicted molar refractivity (Wildman–Crippen MR) is 77.1 cm³/mol. The Morgan fingerprint density at radius 3 is 2.90 bits per heavy atom. The van der Waals surface area contributed by atoms with E-state index in [1.165, 1.54) is 19.2 Å². The molecular weight excluding hydrogens is 254 g/mol. The molecule has 0 amide bonds. The van der Waals surface area contributed by atoms with Gasteiger partial charge in [-0.25, -0.2) is 9.97 Å². The Morgan fingerprint density at radius 2 is 2.20 bits per heavy atom. The van der Waals surface area contributed by atoms with Crippen molar-refractivity contribution in [3.63, 3.8) is 0 Å². The first-order chi connectivity index (χ1) is 9.74. The first kappa shape index (κ1) is 15.4. The van der Waals surface area contributed by atoms with Crippen molar-refractivity contribution in [3.05, 3.63) is 24.3 Å². The molecule has 1 atom stereocenters. The average molecular weight is 279 g/mol. The lowest BCUT2D eigenvalue weighted by atomic mass is 9.89. The van der Waals surface area contributed by atoms with Crippen LogP contribution in [0.15, 0.2) is 18.6 Å². The summed E-state index contributed by atoms with van der Waals surface area (Å²) in [6.07, 6.45) is 7.86. The summed E-state index contributed by atoms with van der Waals surface area (Å²) in [5.74, 6) is 0.828. The average Bonchev–Trinajstić information content (AvgIpc) is 2.48. The Balaban J connectivity index is 1.55. The van der Waals surface area contributed by atoms with Crippen molar-refractivity contribution in [2.75, 3.05) is 13.2 Å². The van der Waals surface area contributed by atoms with Gasteiger partial charge >= 0.3 is 0 Å². The van der Waals surface area contributed by atoms with Gasteiger partial charge in [0, 0.05) is 19.3 Å². The molecule has 0 aromatic carbocycles. The number of nitrogens with one attached hydrogen (secondary N) is 1. The van der Waals surface area contributed by atoms with Crippen molar-refractivity contribution in [1.82, 2.24) is 15.3 Å². The van der Waals surface area contributed by atoms with Crippen molar-refractivity contribution in [1.29, 1.82) is 0 Å². The number of aliphatic hydroxyl groups is 1. The molecule has 1 aromatic heterocycles. The fourth-order valence-electron chi connectivity index (χ4n) is 2.49. The molecule has 1 fully saturated rings. The van der Waals surface area contributed by atoms with E-state index in [9.17, 15) is 5.11 Å². The molecule has 1 aliphatic carbocycles. The van der Waals surface area contributed by atoms with Crippen molar-refractivity contribution in [2.45, 2.75) is 51.4 Å². The van der Waals surface area contributed by atoms with Gasteiger partial charge in [0.05, 0.1) is 24.5 Å². The van der Waals surface area contributed by atoms with Gasteiger partial charge in [0.25, 0.3) is 0 Å². The van der Waals surface area contributed by atoms with Crippen LogP contribution in [0.5, 0.6) is 0 Å². The van der Waals surface area contributed by atoms with Crippen molar-refractivity contribution < 1.29 is 9.84 Å². The van der Waals surface area contributed by atoms with E-state index in [-0.39, 0.29) is 0 Å². The summed E-state index contributed by atoms with van der Waals surface area (Å²) >= 11 is 0. The van der Waals surface area contributed by atoms with E-state index >= 15 is 0 Å². The fraction of sp³-hybridized carbons (Fsp3) is 0.733. The van der Waals surface area contributed by atoms with Gasteiger partial charge in [-0.1, -0.05) is 6.92 Å². The second-order valence-corrected chi connectivity index (χ2v) is 5.70. The number of aromatic nitrogens is 2. The van der Waals surface area contributed by atoms with E-state index in [1.54, 1.807) is 6.20 Å². The maximum atomic E-state index is 9.89. The van der Waals surface area contributed by atoms with Crippen LogP contribution in [0, 0.1) is 5.92 Å². The van der Waals surface area contributed by atoms with Gasteiger partial charge in [0.2, 0.25) is 0 Å². The summed E-state index contributed by atoms with van der Waals surface area (Å²) < 4.78 is 5.78. The number of hydrogen-bond donors (Lipinski definition) is 2. The lowest BCUT2D eigenvalue weighted by Crippen LogP contribution is -2.32. The summed E-state index contributed by atoms with van der Waals surface area (Å²) in [6, 6.07) is 1.86. The largest absolute Gasteiger partial charge is 0.389 e. The fourth-order valence-corrected chi connectivity index (χ4v) is 2.49. The van der Waals surface area contributed by atoms with Crippen LogP contribution in [-0.2, 0) is 11.3 Å². The highest BCUT2D eigenvalue weighted by atomic mass is 16.5. The van der Waals surface area contributed by atoms with Crippen molar-refractivity contribution in [3.8, 4) is 0 Å². The zero-order valence-corrected chi connectivity index (χ0v) is 12.2. The van der Waals surface area contributed by atoms with E-state index in [2.05, 4.69) is 22.2 Å². The highest BCUT2D eigenvalue weighted by Crippen LogP contribution is 2.25. The number of ether oxygens (including phenoxy) is 1. The quantitative estimate of drug-likeness (QED) is 0.792. The maximum Gasteiger partial charge on any atom is 0.115 e. The minimum Gasteiger partial charge on any atom is -0.389 e. The molecule has 2 rings (SSSR count). The van der Waals surface area contributed by atoms with Gasteiger partial charge < -0.3 is 15.2 Å². The topological polar surface area (TPSA) is 67.3 Å². The smallest absolute Gasteiger partial charge is 0.115 e. The first-order valence-electron chi connectivity index (χ1n) is 7.49. The van der Waals surface area contributed by atoms with Gasteiger partial charge in [-0.05, 0) is 37.7 Å². The molecule has 2 N–H and O–H groups in total. The van der Waals surface area contributed by atoms with E-state index < -0.39 is 6.10 Å². The van der Waals surface area contributed by atoms with Gasteiger partial charge in [0.1, 0.15) is 6.33 Å². The van der Waals surface area contributed by atoms with Gasteiger partial charge in [-0.3, -0.25) is 0 Å². The lowest BCUT2D eigenvalue weighted by Gasteiger charge is -2.27. The summed E-state index contributed by atoms with van der Waals surface area (Å²) in [5.41, 5.74) is 0.925. The van der Waals surface area contributed by atoms with Crippen LogP contribution in [0.2, 0.25) is 0 Å². The third-order valence-electron chi connectivity index (χ3n) is 3.82. The van der Waals surface area contributed by atoms with Crippen molar-refractivity contribution >= 4 is 0 Å². The minimum atomic E-state index is -0.462. The summed E-state index contributed by atoms with van der Waals surface area (Å²) in [5, 5.41) is 13.1. The van der Waals surface area contributed by atoms with Crippen LogP contribution in [-0.4, -0.2) is 40.4 Å². The SMILES string of the molecule is CC1CCC(OCC(O)CNCc2ccncn2)CC1. The molecule has 1 saturated carbocycles. The first-order valence-corrected chi connectivity index (χ1v) is 7.49. The Hall–Kier alpha value is -1.04. The van der Waals surface area contributed by atoms with E-state index in [1.807, 2.05) is 6.07 Å². The van der Waals surface area contributed by atoms with Crippen LogP contribution in [0.3, 0.4) is 0 Å². The van der Waals surface area contributed by atoms with Gasteiger partial charge in [0.15, 0.2) is 0 Å². The predicted octanol–water partition coefficient (Wildman–Crippen LogP) is 1.52. The molecular formula is C15H25N3O2. The Bertz CT molecular complexity index is 367. The molecule has 0 saturated heterocycles. The highest BCUT2D eigenvalue weighted by molar-refractivity contribution is 4.96. The summed E-state index contributed by atoms with van der Waals surface area (Å²) in [6.45, 7) is 3.87. The monoisotopic (exact) mass is 279 g/mol. The Morgan fingerprint density at radius 1 is 1.40 bits per heavy atom. The number of aliphatic hydroxyl groups excluding tert-OH is 1. The van der Waals surface area contributed by atoms with E-state index in [0.29, 0.717) is 25.8 Å². The molecule has 0 aliphatic heterocycles. The highest BCUT2D eigenvalue weighted by Gasteiger charge is 2.19. The van der Waals surface area contributed by atoms with E-state index in [4.69, 9.17) is 4.74 Å². The lowest BCUT2D eigenvalue weighted by molar-refractivity contribution is -0.0278. The summed E-state index contributed by atoms with van der Waals surface area (Å²) in [4.78, 5) is 7.98. The van der Waals surface area contributed by atoms with Crippen LogP contribution >= 0.6 is 0 Å². The molecule has 5 nitrogen and oxygen atoms in total. The third-order valence-corrected chi connectivity index (χ3v) is 3.82. The van der Waals surface area contributed by atoms with Crippen LogP contribution in [0.25, 0.3) is 0 Å². The molecule has 0 spiro atoms. The second kappa shape index (κ2) is 8.29. The molecule has 20 heavy (non-hydrogen) atoms. The molecule has 1 aromatic rings. The maximum absolute atomic E-state index is 9.89. The Kier molecular flexibility index (Phi) is 6.36. The van der Waals surface area contributed by atoms with Crippen LogP contribution in [0.1, 0.15) is 38.3 Å². The zero-order chi connectivity index (χ0) is 14.2. The van der Waals surface area contributed by atoms with Crippen LogP contribution in [0.4, 0.5) is 0 Å². The molecule has 1 heterocycles. The Labute approximate surface area is 120 Å². The third kappa shape index (κ3) is 5.53. The molecule has 112 valence electrons. The molecule has 0 bridgehead atoms. The van der Waals surface area contributed by atoms with Crippen LogP contribution < -0.4 is 5.32 Å². The number of hydrogen-bond acceptors (Lipinski definition) is 5. The normalized spacial score (nSPS) is 24.5. The minimum absolute atomic E-state index is 0.336. The molecule has 1 unspecified atom stereocenters. The van der Waals surface area contributed by atoms with E-state index in [0.717, 1.165) is 24.5 Å². The number of rotatable bonds is 7.